The predicted octanol–water partition coefficient (Wildman–Crippen LogP) is 1.35. The van der Waals surface area contributed by atoms with Gasteiger partial charge in [0.25, 0.3) is 5.91 Å². The quantitative estimate of drug-likeness (QED) is 0.613. The summed E-state index contributed by atoms with van der Waals surface area (Å²) in [6.07, 6.45) is 6.35. The first-order chi connectivity index (χ1) is 16.1. The fourth-order valence-corrected chi connectivity index (χ4v) is 3.71. The zero-order chi connectivity index (χ0) is 24.9. The topological polar surface area (TPSA) is 112 Å². The number of amides is 1. The lowest BCUT2D eigenvalue weighted by molar-refractivity contribution is 0.0325. The van der Waals surface area contributed by atoms with E-state index in [2.05, 4.69) is 31.7 Å². The number of rotatable bonds is 6. The molecular weight excluding hydrogens is 434 g/mol. The molecule has 3 rings (SSSR count). The molecular formula is C25H33N5O4. The van der Waals surface area contributed by atoms with Crippen LogP contribution in [0.5, 0.6) is 5.88 Å². The monoisotopic (exact) mass is 467 g/mol. The van der Waals surface area contributed by atoms with Gasteiger partial charge in [-0.15, -0.1) is 0 Å². The molecule has 0 saturated heterocycles. The number of likely N-dealkylation sites (N-methyl/N-ethyl adjacent to an activating group) is 1. The molecule has 182 valence electrons. The van der Waals surface area contributed by atoms with Crippen LogP contribution in [0, 0.1) is 17.8 Å². The predicted molar refractivity (Wildman–Crippen MR) is 127 cm³/mol. The number of nitrogens with zero attached hydrogens (tertiary/aromatic N) is 5. The Hall–Kier alpha value is -3.06. The first-order valence-corrected chi connectivity index (χ1v) is 11.3. The number of ether oxygens (including phenoxy) is 1. The van der Waals surface area contributed by atoms with Crippen molar-refractivity contribution in [2.24, 2.45) is 5.92 Å². The minimum Gasteiger partial charge on any atom is -0.472 e. The van der Waals surface area contributed by atoms with Crippen molar-refractivity contribution >= 4 is 5.91 Å². The summed E-state index contributed by atoms with van der Waals surface area (Å²) in [5.74, 6) is 5.57. The number of aromatic nitrogens is 3. The van der Waals surface area contributed by atoms with Gasteiger partial charge in [0, 0.05) is 55.3 Å². The zero-order valence-corrected chi connectivity index (χ0v) is 20.4. The van der Waals surface area contributed by atoms with E-state index in [0.29, 0.717) is 30.8 Å². The molecule has 9 heteroatoms. The molecule has 1 aliphatic rings. The molecule has 0 bridgehead atoms. The van der Waals surface area contributed by atoms with E-state index in [0.717, 1.165) is 5.56 Å². The fraction of sp³-hybridized carbons (Fsp3) is 0.520. The van der Waals surface area contributed by atoms with Crippen molar-refractivity contribution in [2.75, 3.05) is 26.7 Å². The van der Waals surface area contributed by atoms with Crippen molar-refractivity contribution in [3.05, 3.63) is 47.7 Å². The Labute approximate surface area is 200 Å². The van der Waals surface area contributed by atoms with Gasteiger partial charge in [-0.2, -0.15) is 0 Å². The highest BCUT2D eigenvalue weighted by Gasteiger charge is 2.34. The Balaban J connectivity index is 1.92. The van der Waals surface area contributed by atoms with Crippen molar-refractivity contribution in [1.82, 2.24) is 24.8 Å². The van der Waals surface area contributed by atoms with Crippen molar-refractivity contribution < 1.29 is 19.7 Å². The maximum absolute atomic E-state index is 13.4. The molecule has 2 aromatic rings. The maximum Gasteiger partial charge on any atom is 0.259 e. The summed E-state index contributed by atoms with van der Waals surface area (Å²) in [6, 6.07) is 1.27. The third kappa shape index (κ3) is 6.73. The summed E-state index contributed by atoms with van der Waals surface area (Å²) in [6.45, 7) is 8.53. The highest BCUT2D eigenvalue weighted by molar-refractivity contribution is 5.97. The number of aliphatic hydroxyl groups excluding tert-OH is 1. The molecule has 0 radical (unpaired) electrons. The molecule has 3 atom stereocenters. The molecule has 2 aromatic heterocycles. The van der Waals surface area contributed by atoms with Crippen LogP contribution in [-0.2, 0) is 6.54 Å². The van der Waals surface area contributed by atoms with Crippen LogP contribution in [-0.4, -0.2) is 85.4 Å². The third-order valence-electron chi connectivity index (χ3n) is 5.59. The summed E-state index contributed by atoms with van der Waals surface area (Å²) < 4.78 is 6.30. The minimum atomic E-state index is -1.17. The van der Waals surface area contributed by atoms with E-state index in [1.165, 1.54) is 6.33 Å². The largest absolute Gasteiger partial charge is 0.472 e. The highest BCUT2D eigenvalue weighted by Crippen LogP contribution is 2.27. The van der Waals surface area contributed by atoms with Crippen LogP contribution < -0.4 is 4.74 Å². The Morgan fingerprint density at radius 1 is 1.32 bits per heavy atom. The third-order valence-corrected chi connectivity index (χ3v) is 5.59. The van der Waals surface area contributed by atoms with Crippen molar-refractivity contribution in [2.45, 2.75) is 52.0 Å². The van der Waals surface area contributed by atoms with Crippen LogP contribution in [0.1, 0.15) is 49.2 Å². The Morgan fingerprint density at radius 3 is 2.68 bits per heavy atom. The number of carbonyl (C=O) groups excluding carboxylic acids is 1. The fourth-order valence-electron chi connectivity index (χ4n) is 3.71. The van der Waals surface area contributed by atoms with Crippen molar-refractivity contribution in [1.29, 1.82) is 0 Å². The molecule has 1 amide bonds. The summed E-state index contributed by atoms with van der Waals surface area (Å²) >= 11 is 0. The molecule has 34 heavy (non-hydrogen) atoms. The number of carbonyl (C=O) groups is 1. The highest BCUT2D eigenvalue weighted by atomic mass is 16.5. The SMILES string of the molecule is C[C@@H]1CN([C@H](C)CO)C(=O)c2cc(C#CC(C)(C)O)cnc2O[C@@H]1CN(C)Cc1cncnc1. The average Bonchev–Trinajstić information content (AvgIpc) is 2.79. The molecule has 0 spiro atoms. The molecule has 0 fully saturated rings. The molecule has 0 unspecified atom stereocenters. The molecule has 0 aliphatic carbocycles. The van der Waals surface area contributed by atoms with E-state index in [1.54, 1.807) is 43.4 Å². The lowest BCUT2D eigenvalue weighted by atomic mass is 9.99. The van der Waals surface area contributed by atoms with E-state index in [9.17, 15) is 15.0 Å². The number of fused-ring (bicyclic) bond motifs is 1. The maximum atomic E-state index is 13.4. The van der Waals surface area contributed by atoms with E-state index in [-0.39, 0.29) is 36.5 Å². The van der Waals surface area contributed by atoms with Gasteiger partial charge in [-0.3, -0.25) is 9.69 Å². The van der Waals surface area contributed by atoms with E-state index >= 15 is 0 Å². The van der Waals surface area contributed by atoms with Gasteiger partial charge in [-0.05, 0) is 33.9 Å². The summed E-state index contributed by atoms with van der Waals surface area (Å²) in [5, 5.41) is 19.7. The van der Waals surface area contributed by atoms with E-state index < -0.39 is 5.60 Å². The van der Waals surface area contributed by atoms with Crippen LogP contribution in [0.3, 0.4) is 0 Å². The normalized spacial score (nSPS) is 19.4. The number of pyridine rings is 1. The van der Waals surface area contributed by atoms with Crippen LogP contribution in [0.2, 0.25) is 0 Å². The number of aliphatic hydroxyl groups is 2. The van der Waals surface area contributed by atoms with Gasteiger partial charge in [-0.1, -0.05) is 18.8 Å². The summed E-state index contributed by atoms with van der Waals surface area (Å²) in [7, 11) is 1.99. The molecule has 0 aromatic carbocycles. The van der Waals surface area contributed by atoms with E-state index in [1.807, 2.05) is 20.9 Å². The second-order valence-electron chi connectivity index (χ2n) is 9.45. The smallest absolute Gasteiger partial charge is 0.259 e. The van der Waals surface area contributed by atoms with Crippen LogP contribution in [0.25, 0.3) is 0 Å². The molecule has 3 heterocycles. The van der Waals surface area contributed by atoms with Crippen LogP contribution in [0.15, 0.2) is 31.0 Å². The first-order valence-electron chi connectivity index (χ1n) is 11.3. The molecule has 9 nitrogen and oxygen atoms in total. The Morgan fingerprint density at radius 2 is 2.03 bits per heavy atom. The lowest BCUT2D eigenvalue weighted by Gasteiger charge is -2.37. The molecule has 1 aliphatic heterocycles. The Kier molecular flexibility index (Phi) is 8.20. The molecule has 2 N–H and O–H groups in total. The second kappa shape index (κ2) is 10.9. The van der Waals surface area contributed by atoms with Gasteiger partial charge >= 0.3 is 0 Å². The lowest BCUT2D eigenvalue weighted by Crippen LogP contribution is -2.49. The summed E-state index contributed by atoms with van der Waals surface area (Å²) in [4.78, 5) is 29.8. The van der Waals surface area contributed by atoms with Gasteiger partial charge in [0.05, 0.1) is 12.6 Å². The standard InChI is InChI=1S/C25H33N5O4/c1-17-12-30(18(2)15-31)24(32)21-8-19(6-7-25(3,4)33)11-28-23(21)34-22(17)14-29(5)13-20-9-26-16-27-10-20/h8-11,16-18,22,31,33H,12-15H2,1-5H3/t17-,18-,22-/m1/s1. The van der Waals surface area contributed by atoms with Crippen molar-refractivity contribution in [3.63, 3.8) is 0 Å². The number of hydrogen-bond donors (Lipinski definition) is 2. The van der Waals surface area contributed by atoms with E-state index in [4.69, 9.17) is 4.74 Å². The molecule has 0 saturated carbocycles. The minimum absolute atomic E-state index is 0.0166. The van der Waals surface area contributed by atoms with Crippen LogP contribution >= 0.6 is 0 Å². The zero-order valence-electron chi connectivity index (χ0n) is 20.4. The first kappa shape index (κ1) is 25.6. The van der Waals surface area contributed by atoms with Gasteiger partial charge < -0.3 is 19.8 Å². The second-order valence-corrected chi connectivity index (χ2v) is 9.45. The summed E-state index contributed by atoms with van der Waals surface area (Å²) in [5.41, 5.74) is 0.610. The van der Waals surface area contributed by atoms with Crippen LogP contribution in [0.4, 0.5) is 0 Å². The number of hydrogen-bond acceptors (Lipinski definition) is 8. The van der Waals surface area contributed by atoms with Gasteiger partial charge in [-0.25, -0.2) is 15.0 Å². The van der Waals surface area contributed by atoms with Gasteiger partial charge in [0.1, 0.15) is 23.6 Å². The van der Waals surface area contributed by atoms with Gasteiger partial charge in [0.15, 0.2) is 0 Å². The average molecular weight is 468 g/mol. The van der Waals surface area contributed by atoms with Gasteiger partial charge in [0.2, 0.25) is 5.88 Å². The Bertz CT molecular complexity index is 1040. The van der Waals surface area contributed by atoms with Crippen molar-refractivity contribution in [3.8, 4) is 17.7 Å².